The zero-order chi connectivity index (χ0) is 23.9. The maximum atomic E-state index is 12.9. The van der Waals surface area contributed by atoms with Gasteiger partial charge in [0.05, 0.1) is 19.8 Å². The molecule has 0 aromatic heterocycles. The summed E-state index contributed by atoms with van der Waals surface area (Å²) < 4.78 is 15.1. The number of amides is 3. The van der Waals surface area contributed by atoms with Gasteiger partial charge in [-0.1, -0.05) is 44.2 Å². The molecule has 1 unspecified atom stereocenters. The van der Waals surface area contributed by atoms with E-state index in [-0.39, 0.29) is 25.6 Å². The van der Waals surface area contributed by atoms with Crippen molar-refractivity contribution in [2.75, 3.05) is 33.5 Å². The van der Waals surface area contributed by atoms with E-state index in [1.807, 2.05) is 19.9 Å². The molecule has 0 spiro atoms. The summed E-state index contributed by atoms with van der Waals surface area (Å²) in [5.41, 5.74) is 5.90. The number of nitrogens with two attached hydrogens (primary N) is 1. The van der Waals surface area contributed by atoms with E-state index in [2.05, 4.69) is 10.6 Å². The molecule has 1 aromatic rings. The van der Waals surface area contributed by atoms with E-state index in [1.54, 1.807) is 31.4 Å². The molecule has 0 radical (unpaired) electrons. The monoisotopic (exact) mass is 451 g/mol. The number of methoxy groups -OCH3 is 1. The second kappa shape index (κ2) is 14.9. The van der Waals surface area contributed by atoms with Gasteiger partial charge in [-0.05, 0) is 17.9 Å². The van der Waals surface area contributed by atoms with Crippen LogP contribution in [0.5, 0.6) is 0 Å². The number of benzene rings is 1. The fourth-order valence-electron chi connectivity index (χ4n) is 2.83. The predicted molar refractivity (Wildman–Crippen MR) is 117 cm³/mol. The Hall–Kier alpha value is -2.98. The van der Waals surface area contributed by atoms with Crippen LogP contribution >= 0.6 is 0 Å². The van der Waals surface area contributed by atoms with Crippen LogP contribution in [0, 0.1) is 5.92 Å². The molecule has 0 aliphatic heterocycles. The van der Waals surface area contributed by atoms with Crippen LogP contribution in [0.4, 0.5) is 4.79 Å². The molecule has 178 valence electrons. The largest absolute Gasteiger partial charge is 0.447 e. The minimum atomic E-state index is -1.15. The molecule has 1 rings (SSSR count). The zero-order valence-electron chi connectivity index (χ0n) is 18.8. The molecule has 4 N–H and O–H groups in total. The van der Waals surface area contributed by atoms with Gasteiger partial charge in [0.1, 0.15) is 18.7 Å². The number of carbonyl (C=O) groups excluding carboxylic acids is 4. The molecule has 1 aromatic carbocycles. The van der Waals surface area contributed by atoms with E-state index < -0.39 is 35.8 Å². The van der Waals surface area contributed by atoms with Gasteiger partial charge in [0, 0.05) is 13.5 Å². The van der Waals surface area contributed by atoms with Gasteiger partial charge >= 0.3 is 6.09 Å². The van der Waals surface area contributed by atoms with Gasteiger partial charge in [-0.2, -0.15) is 0 Å². The molecule has 3 amide bonds. The minimum Gasteiger partial charge on any atom is -0.447 e. The predicted octanol–water partition coefficient (Wildman–Crippen LogP) is 0.572. The standard InChI is InChI=1S/C22H33N3O7/c1-15(2)13-18(25-22(29)32-12-11-31-10-9-30-3)21(28)24-17(19(26)20(23)27)14-16-7-5-4-6-8-16/h4-8,15,17-18H,9-14H2,1-3H3,(H2,23,27)(H,24,28)(H,25,29)/t17?,18-/m0/s1. The van der Waals surface area contributed by atoms with Gasteiger partial charge in [0.15, 0.2) is 0 Å². The number of nitrogens with one attached hydrogen (secondary N) is 2. The highest BCUT2D eigenvalue weighted by atomic mass is 16.6. The topological polar surface area (TPSA) is 146 Å². The lowest BCUT2D eigenvalue weighted by atomic mass is 9.99. The molecular weight excluding hydrogens is 418 g/mol. The summed E-state index contributed by atoms with van der Waals surface area (Å²) in [6.45, 7) is 4.75. The van der Waals surface area contributed by atoms with Crippen molar-refractivity contribution in [1.82, 2.24) is 10.6 Å². The Morgan fingerprint density at radius 1 is 0.938 bits per heavy atom. The molecule has 0 heterocycles. The number of alkyl carbamates (subject to hydrolysis) is 1. The lowest BCUT2D eigenvalue weighted by Crippen LogP contribution is -2.54. The van der Waals surface area contributed by atoms with E-state index in [0.717, 1.165) is 5.56 Å². The Morgan fingerprint density at radius 2 is 1.59 bits per heavy atom. The maximum Gasteiger partial charge on any atom is 0.407 e. The zero-order valence-corrected chi connectivity index (χ0v) is 18.8. The van der Waals surface area contributed by atoms with Crippen molar-refractivity contribution >= 4 is 23.7 Å². The van der Waals surface area contributed by atoms with Crippen molar-refractivity contribution in [1.29, 1.82) is 0 Å². The lowest BCUT2D eigenvalue weighted by molar-refractivity contribution is -0.138. The second-order valence-corrected chi connectivity index (χ2v) is 7.55. The average Bonchev–Trinajstić information content (AvgIpc) is 2.75. The molecule has 0 saturated carbocycles. The fraction of sp³-hybridized carbons (Fsp3) is 0.545. The summed E-state index contributed by atoms with van der Waals surface area (Å²) in [7, 11) is 1.55. The number of hydrogen-bond donors (Lipinski definition) is 3. The van der Waals surface area contributed by atoms with Crippen LogP contribution in [-0.4, -0.2) is 69.3 Å². The fourth-order valence-corrected chi connectivity index (χ4v) is 2.83. The molecule has 0 aliphatic rings. The third-order valence-corrected chi connectivity index (χ3v) is 4.37. The molecule has 0 bridgehead atoms. The quantitative estimate of drug-likeness (QED) is 0.261. The van der Waals surface area contributed by atoms with Gasteiger partial charge in [-0.15, -0.1) is 0 Å². The van der Waals surface area contributed by atoms with Gasteiger partial charge < -0.3 is 30.6 Å². The van der Waals surface area contributed by atoms with Crippen LogP contribution in [0.2, 0.25) is 0 Å². The first kappa shape index (κ1) is 27.1. The Balaban J connectivity index is 2.74. The SMILES string of the molecule is COCCOCCOC(=O)N[C@@H](CC(C)C)C(=O)NC(Cc1ccccc1)C(=O)C(N)=O. The first-order chi connectivity index (χ1) is 15.2. The first-order valence-electron chi connectivity index (χ1n) is 10.4. The van der Waals surface area contributed by atoms with Crippen molar-refractivity contribution in [3.63, 3.8) is 0 Å². The van der Waals surface area contributed by atoms with Crippen molar-refractivity contribution in [2.24, 2.45) is 11.7 Å². The molecule has 10 nitrogen and oxygen atoms in total. The number of Topliss-reactive ketones (excluding diaryl/α,β-unsaturated/α-hetero) is 1. The minimum absolute atomic E-state index is 0.00234. The molecule has 0 aliphatic carbocycles. The van der Waals surface area contributed by atoms with Gasteiger partial charge in [-0.3, -0.25) is 14.4 Å². The number of carbonyl (C=O) groups is 4. The van der Waals surface area contributed by atoms with E-state index in [4.69, 9.17) is 19.9 Å². The summed E-state index contributed by atoms with van der Waals surface area (Å²) in [5.74, 6) is -2.61. The van der Waals surface area contributed by atoms with Crippen LogP contribution in [-0.2, 0) is 35.0 Å². The van der Waals surface area contributed by atoms with Crippen molar-refractivity contribution in [3.05, 3.63) is 35.9 Å². The molecule has 2 atom stereocenters. The van der Waals surface area contributed by atoms with E-state index in [1.165, 1.54) is 0 Å². The summed E-state index contributed by atoms with van der Waals surface area (Å²) in [4.78, 5) is 48.7. The molecule has 0 saturated heterocycles. The van der Waals surface area contributed by atoms with Crippen molar-refractivity contribution in [2.45, 2.75) is 38.8 Å². The van der Waals surface area contributed by atoms with Crippen LogP contribution in [0.25, 0.3) is 0 Å². The Kier molecular flexibility index (Phi) is 12.6. The molecule has 0 fully saturated rings. The Bertz CT molecular complexity index is 740. The summed E-state index contributed by atoms with van der Waals surface area (Å²) in [6.07, 6.45) is -0.401. The summed E-state index contributed by atoms with van der Waals surface area (Å²) in [5, 5.41) is 5.06. The van der Waals surface area contributed by atoms with Crippen molar-refractivity contribution in [3.8, 4) is 0 Å². The maximum absolute atomic E-state index is 12.9. The second-order valence-electron chi connectivity index (χ2n) is 7.55. The van der Waals surface area contributed by atoms with E-state index >= 15 is 0 Å². The molecule has 10 heteroatoms. The van der Waals surface area contributed by atoms with Crippen LogP contribution in [0.15, 0.2) is 30.3 Å². The molecular formula is C22H33N3O7. The third-order valence-electron chi connectivity index (χ3n) is 4.37. The highest BCUT2D eigenvalue weighted by Gasteiger charge is 2.30. The highest BCUT2D eigenvalue weighted by molar-refractivity contribution is 6.37. The number of primary amides is 1. The summed E-state index contributed by atoms with van der Waals surface area (Å²) >= 11 is 0. The normalized spacial score (nSPS) is 12.6. The van der Waals surface area contributed by atoms with E-state index in [0.29, 0.717) is 19.6 Å². The summed E-state index contributed by atoms with van der Waals surface area (Å²) in [6, 6.07) is 6.79. The Labute approximate surface area is 188 Å². The average molecular weight is 452 g/mol. The van der Waals surface area contributed by atoms with Crippen LogP contribution < -0.4 is 16.4 Å². The van der Waals surface area contributed by atoms with Gasteiger partial charge in [0.2, 0.25) is 11.7 Å². The number of rotatable bonds is 15. The van der Waals surface area contributed by atoms with Crippen molar-refractivity contribution < 1.29 is 33.4 Å². The number of ketones is 1. The lowest BCUT2D eigenvalue weighted by Gasteiger charge is -2.23. The van der Waals surface area contributed by atoms with Gasteiger partial charge in [-0.25, -0.2) is 4.79 Å². The Morgan fingerprint density at radius 3 is 2.19 bits per heavy atom. The first-order valence-corrected chi connectivity index (χ1v) is 10.4. The van der Waals surface area contributed by atoms with E-state index in [9.17, 15) is 19.2 Å². The third kappa shape index (κ3) is 10.9. The van der Waals surface area contributed by atoms with Crippen LogP contribution in [0.1, 0.15) is 25.8 Å². The number of ether oxygens (including phenoxy) is 3. The van der Waals surface area contributed by atoms with Gasteiger partial charge in [0.25, 0.3) is 5.91 Å². The number of hydrogen-bond acceptors (Lipinski definition) is 7. The highest BCUT2D eigenvalue weighted by Crippen LogP contribution is 2.08. The smallest absolute Gasteiger partial charge is 0.407 e. The van der Waals surface area contributed by atoms with Crippen LogP contribution in [0.3, 0.4) is 0 Å². The molecule has 32 heavy (non-hydrogen) atoms.